The fourth-order valence-corrected chi connectivity index (χ4v) is 2.68. The van der Waals surface area contributed by atoms with Crippen LogP contribution in [0, 0.1) is 16.0 Å². The number of nitrogens with zero attached hydrogens (tertiary/aromatic N) is 1. The number of halogens is 1. The van der Waals surface area contributed by atoms with Gasteiger partial charge in [0.1, 0.15) is 6.10 Å². The van der Waals surface area contributed by atoms with Crippen LogP contribution in [-0.2, 0) is 4.74 Å². The number of esters is 1. The molecular formula is C14H16ClNO4. The van der Waals surface area contributed by atoms with Gasteiger partial charge in [-0.1, -0.05) is 24.9 Å². The standard InChI is InChI=1S/C14H16ClNO4/c1-9-3-2-4-11(7-9)20-14(17)12-8-10(16(18)19)5-6-13(12)15/h5-6,8-9,11H,2-4,7H2,1H3. The molecule has 1 fully saturated rings. The molecule has 108 valence electrons. The fraction of sp³-hybridized carbons (Fsp3) is 0.500. The van der Waals surface area contributed by atoms with Gasteiger partial charge < -0.3 is 4.74 Å². The predicted octanol–water partition coefficient (Wildman–Crippen LogP) is 3.98. The van der Waals surface area contributed by atoms with Crippen LogP contribution in [0.2, 0.25) is 5.02 Å². The second-order valence-electron chi connectivity index (χ2n) is 5.22. The van der Waals surface area contributed by atoms with E-state index in [4.69, 9.17) is 16.3 Å². The monoisotopic (exact) mass is 297 g/mol. The van der Waals surface area contributed by atoms with Crippen molar-refractivity contribution in [2.75, 3.05) is 0 Å². The van der Waals surface area contributed by atoms with Crippen LogP contribution in [0.4, 0.5) is 5.69 Å². The van der Waals surface area contributed by atoms with Crippen molar-refractivity contribution in [1.82, 2.24) is 0 Å². The van der Waals surface area contributed by atoms with Gasteiger partial charge in [0.05, 0.1) is 15.5 Å². The Kier molecular flexibility index (Phi) is 4.60. The lowest BCUT2D eigenvalue weighted by Crippen LogP contribution is -2.24. The van der Waals surface area contributed by atoms with Crippen LogP contribution in [0.1, 0.15) is 43.0 Å². The van der Waals surface area contributed by atoms with Gasteiger partial charge in [-0.05, 0) is 31.2 Å². The third-order valence-electron chi connectivity index (χ3n) is 3.54. The van der Waals surface area contributed by atoms with Crippen LogP contribution in [0.5, 0.6) is 0 Å². The smallest absolute Gasteiger partial charge is 0.340 e. The number of nitro groups is 1. The van der Waals surface area contributed by atoms with E-state index in [-0.39, 0.29) is 22.4 Å². The van der Waals surface area contributed by atoms with E-state index >= 15 is 0 Å². The van der Waals surface area contributed by atoms with Gasteiger partial charge in [-0.25, -0.2) is 4.79 Å². The molecule has 0 aliphatic heterocycles. The van der Waals surface area contributed by atoms with E-state index in [1.807, 2.05) is 0 Å². The summed E-state index contributed by atoms with van der Waals surface area (Å²) < 4.78 is 5.42. The number of ether oxygens (including phenoxy) is 1. The number of nitro benzene ring substituents is 1. The zero-order valence-electron chi connectivity index (χ0n) is 11.2. The third kappa shape index (κ3) is 3.48. The Labute approximate surface area is 122 Å². The van der Waals surface area contributed by atoms with Gasteiger partial charge in [0.15, 0.2) is 0 Å². The largest absolute Gasteiger partial charge is 0.459 e. The van der Waals surface area contributed by atoms with E-state index in [1.54, 1.807) is 0 Å². The van der Waals surface area contributed by atoms with Gasteiger partial charge in [-0.2, -0.15) is 0 Å². The minimum atomic E-state index is -0.585. The molecule has 2 unspecified atom stereocenters. The molecular weight excluding hydrogens is 282 g/mol. The molecule has 1 aliphatic carbocycles. The quantitative estimate of drug-likeness (QED) is 0.480. The van der Waals surface area contributed by atoms with Crippen molar-refractivity contribution >= 4 is 23.3 Å². The Morgan fingerprint density at radius 3 is 2.85 bits per heavy atom. The van der Waals surface area contributed by atoms with Crippen molar-refractivity contribution in [2.45, 2.75) is 38.7 Å². The molecule has 1 saturated carbocycles. The molecule has 0 N–H and O–H groups in total. The number of carbonyl (C=O) groups is 1. The molecule has 20 heavy (non-hydrogen) atoms. The Morgan fingerprint density at radius 2 is 2.20 bits per heavy atom. The van der Waals surface area contributed by atoms with E-state index in [0.29, 0.717) is 5.92 Å². The maximum Gasteiger partial charge on any atom is 0.340 e. The van der Waals surface area contributed by atoms with Gasteiger partial charge >= 0.3 is 5.97 Å². The lowest BCUT2D eigenvalue weighted by atomic mass is 9.89. The van der Waals surface area contributed by atoms with Crippen molar-refractivity contribution in [2.24, 2.45) is 5.92 Å². The average molecular weight is 298 g/mol. The number of hydrogen-bond acceptors (Lipinski definition) is 4. The van der Waals surface area contributed by atoms with Gasteiger partial charge in [0.25, 0.3) is 5.69 Å². The molecule has 0 amide bonds. The van der Waals surface area contributed by atoms with Crippen LogP contribution < -0.4 is 0 Å². The molecule has 0 heterocycles. The molecule has 2 atom stereocenters. The molecule has 6 heteroatoms. The summed E-state index contributed by atoms with van der Waals surface area (Å²) in [5, 5.41) is 10.9. The van der Waals surface area contributed by atoms with E-state index < -0.39 is 10.9 Å². The van der Waals surface area contributed by atoms with E-state index in [2.05, 4.69) is 6.92 Å². The molecule has 1 aromatic rings. The third-order valence-corrected chi connectivity index (χ3v) is 3.87. The summed E-state index contributed by atoms with van der Waals surface area (Å²) in [4.78, 5) is 22.3. The number of rotatable bonds is 3. The zero-order chi connectivity index (χ0) is 14.7. The van der Waals surface area contributed by atoms with Gasteiger partial charge in [-0.3, -0.25) is 10.1 Å². The summed E-state index contributed by atoms with van der Waals surface area (Å²) in [5.41, 5.74) is -0.113. The zero-order valence-corrected chi connectivity index (χ0v) is 11.9. The van der Waals surface area contributed by atoms with E-state index in [9.17, 15) is 14.9 Å². The number of hydrogen-bond donors (Lipinski definition) is 0. The first kappa shape index (κ1) is 14.8. The first-order chi connectivity index (χ1) is 9.47. The maximum atomic E-state index is 12.1. The molecule has 1 aliphatic rings. The molecule has 0 saturated heterocycles. The second-order valence-corrected chi connectivity index (χ2v) is 5.63. The van der Waals surface area contributed by atoms with Crippen LogP contribution in [-0.4, -0.2) is 17.0 Å². The van der Waals surface area contributed by atoms with Gasteiger partial charge in [0.2, 0.25) is 0 Å². The lowest BCUT2D eigenvalue weighted by molar-refractivity contribution is -0.384. The highest BCUT2D eigenvalue weighted by Gasteiger charge is 2.24. The average Bonchev–Trinajstić information content (AvgIpc) is 2.38. The second kappa shape index (κ2) is 6.22. The topological polar surface area (TPSA) is 69.4 Å². The van der Waals surface area contributed by atoms with Gasteiger partial charge in [-0.15, -0.1) is 0 Å². The minimum Gasteiger partial charge on any atom is -0.459 e. The van der Waals surface area contributed by atoms with Crippen molar-refractivity contribution in [1.29, 1.82) is 0 Å². The van der Waals surface area contributed by atoms with E-state index in [1.165, 1.54) is 12.1 Å². The molecule has 0 aromatic heterocycles. The lowest BCUT2D eigenvalue weighted by Gasteiger charge is -2.26. The summed E-state index contributed by atoms with van der Waals surface area (Å²) in [6.45, 7) is 2.13. The molecule has 0 radical (unpaired) electrons. The normalized spacial score (nSPS) is 22.3. The van der Waals surface area contributed by atoms with E-state index in [0.717, 1.165) is 31.7 Å². The minimum absolute atomic E-state index is 0.0547. The highest BCUT2D eigenvalue weighted by Crippen LogP contribution is 2.28. The first-order valence-corrected chi connectivity index (χ1v) is 7.00. The summed E-state index contributed by atoms with van der Waals surface area (Å²) in [5.74, 6) is -0.0556. The maximum absolute atomic E-state index is 12.1. The predicted molar refractivity (Wildman–Crippen MR) is 74.9 cm³/mol. The van der Waals surface area contributed by atoms with Crippen molar-refractivity contribution in [3.8, 4) is 0 Å². The Balaban J connectivity index is 2.12. The fourth-order valence-electron chi connectivity index (χ4n) is 2.48. The Hall–Kier alpha value is -1.62. The summed E-state index contributed by atoms with van der Waals surface area (Å²) >= 11 is 5.92. The van der Waals surface area contributed by atoms with Crippen LogP contribution in [0.25, 0.3) is 0 Å². The number of benzene rings is 1. The Bertz CT molecular complexity index is 532. The highest BCUT2D eigenvalue weighted by molar-refractivity contribution is 6.33. The Morgan fingerprint density at radius 1 is 1.45 bits per heavy atom. The van der Waals surface area contributed by atoms with Crippen molar-refractivity contribution in [3.05, 3.63) is 38.9 Å². The molecule has 2 rings (SSSR count). The number of non-ortho nitro benzene ring substituents is 1. The summed E-state index contributed by atoms with van der Waals surface area (Å²) in [6.07, 6.45) is 3.72. The van der Waals surface area contributed by atoms with Crippen molar-refractivity contribution in [3.63, 3.8) is 0 Å². The summed E-state index contributed by atoms with van der Waals surface area (Å²) in [6, 6.07) is 3.78. The molecule has 5 nitrogen and oxygen atoms in total. The SMILES string of the molecule is CC1CCCC(OC(=O)c2cc([N+](=O)[O-])ccc2Cl)C1. The molecule has 0 spiro atoms. The highest BCUT2D eigenvalue weighted by atomic mass is 35.5. The van der Waals surface area contributed by atoms with Crippen LogP contribution in [0.15, 0.2) is 18.2 Å². The number of carbonyl (C=O) groups excluding carboxylic acids is 1. The molecule has 0 bridgehead atoms. The van der Waals surface area contributed by atoms with Crippen LogP contribution >= 0.6 is 11.6 Å². The van der Waals surface area contributed by atoms with Gasteiger partial charge in [0, 0.05) is 12.1 Å². The van der Waals surface area contributed by atoms with Crippen molar-refractivity contribution < 1.29 is 14.5 Å². The molecule has 1 aromatic carbocycles. The summed E-state index contributed by atoms with van der Waals surface area (Å²) in [7, 11) is 0. The van der Waals surface area contributed by atoms with Crippen LogP contribution in [0.3, 0.4) is 0 Å². The first-order valence-electron chi connectivity index (χ1n) is 6.62.